The Labute approximate surface area is 142 Å². The van der Waals surface area contributed by atoms with E-state index in [-0.39, 0.29) is 40.9 Å². The van der Waals surface area contributed by atoms with Crippen molar-refractivity contribution < 1.29 is 9.59 Å². The molecule has 5 rings (SSSR count). The molecule has 0 radical (unpaired) electrons. The number of hydrogen-bond donors (Lipinski definition) is 0. The number of hydrogen-bond acceptors (Lipinski definition) is 3. The highest BCUT2D eigenvalue weighted by Crippen LogP contribution is 2.73. The maximum absolute atomic E-state index is 12.7. The minimum absolute atomic E-state index is 0.116. The number of fused-ring (bicyclic) bond motifs is 3. The second kappa shape index (κ2) is 4.41. The molecule has 3 aliphatic carbocycles. The van der Waals surface area contributed by atoms with Gasteiger partial charge in [-0.05, 0) is 47.8 Å². The summed E-state index contributed by atoms with van der Waals surface area (Å²) in [5.41, 5.74) is 1.10. The van der Waals surface area contributed by atoms with E-state index in [1.54, 1.807) is 6.21 Å². The molecule has 0 unspecified atom stereocenters. The van der Waals surface area contributed by atoms with Crippen molar-refractivity contribution in [3.63, 3.8) is 0 Å². The first-order valence-corrected chi connectivity index (χ1v) is 8.77. The number of nitrogens with zero attached hydrogens (tertiary/aromatic N) is 2. The third kappa shape index (κ3) is 1.69. The van der Waals surface area contributed by atoms with Crippen molar-refractivity contribution in [1.82, 2.24) is 5.01 Å². The van der Waals surface area contributed by atoms with Crippen molar-refractivity contribution in [2.24, 2.45) is 34.2 Å². The molecule has 1 spiro atoms. The van der Waals surface area contributed by atoms with Gasteiger partial charge >= 0.3 is 0 Å². The number of rotatable bonds is 2. The van der Waals surface area contributed by atoms with Crippen molar-refractivity contribution in [2.75, 3.05) is 0 Å². The van der Waals surface area contributed by atoms with Crippen LogP contribution in [-0.2, 0) is 9.59 Å². The summed E-state index contributed by atoms with van der Waals surface area (Å²) in [6.45, 7) is 0. The second-order valence-electron chi connectivity index (χ2n) is 7.01. The average molecular weight is 371 g/mol. The van der Waals surface area contributed by atoms with Crippen LogP contribution in [0.4, 0.5) is 0 Å². The molecular formula is C18H15BrN2O2. The highest BCUT2D eigenvalue weighted by molar-refractivity contribution is 9.10. The van der Waals surface area contributed by atoms with Gasteiger partial charge in [-0.3, -0.25) is 9.59 Å². The maximum atomic E-state index is 12.7. The Balaban J connectivity index is 1.44. The smallest absolute Gasteiger partial charge is 0.254 e. The molecule has 2 amide bonds. The number of amides is 2. The summed E-state index contributed by atoms with van der Waals surface area (Å²) in [6.07, 6.45) is 8.25. The molecule has 116 valence electrons. The van der Waals surface area contributed by atoms with Crippen molar-refractivity contribution in [1.29, 1.82) is 0 Å². The van der Waals surface area contributed by atoms with Crippen LogP contribution in [0.15, 0.2) is 46.0 Å². The highest BCUT2D eigenvalue weighted by atomic mass is 79.9. The number of hydrazone groups is 1. The standard InChI is InChI=1S/C18H15BrN2O2/c19-11-3-1-2-10(8-11)9-20-21-16(22)14-12-4-5-13(15(14)17(21)23)18(12)6-7-18/h1-5,8-9,12-15H,6-7H2/b20-9-/t12-,13-,14-,15+/m1/s1. The third-order valence-electron chi connectivity index (χ3n) is 6.00. The van der Waals surface area contributed by atoms with E-state index in [2.05, 4.69) is 33.2 Å². The third-order valence-corrected chi connectivity index (χ3v) is 6.49. The van der Waals surface area contributed by atoms with E-state index in [1.807, 2.05) is 24.3 Å². The van der Waals surface area contributed by atoms with Crippen LogP contribution in [0.1, 0.15) is 18.4 Å². The molecule has 1 heterocycles. The van der Waals surface area contributed by atoms with Crippen LogP contribution in [0.2, 0.25) is 0 Å². The van der Waals surface area contributed by atoms with E-state index in [0.29, 0.717) is 0 Å². The van der Waals surface area contributed by atoms with E-state index in [4.69, 9.17) is 0 Å². The van der Waals surface area contributed by atoms with Gasteiger partial charge in [0.1, 0.15) is 0 Å². The van der Waals surface area contributed by atoms with E-state index < -0.39 is 0 Å². The van der Waals surface area contributed by atoms with Gasteiger partial charge in [-0.15, -0.1) is 0 Å². The van der Waals surface area contributed by atoms with E-state index in [0.717, 1.165) is 27.9 Å². The Kier molecular flexibility index (Phi) is 2.62. The number of imide groups is 1. The SMILES string of the molecule is O=C1[C@@H]2[C@H](C(=O)N1/N=C\c1cccc(Br)c1)[C@H]1C=C[C@H]2C12CC2. The Morgan fingerprint density at radius 1 is 1.13 bits per heavy atom. The van der Waals surface area contributed by atoms with Gasteiger partial charge in [0.15, 0.2) is 0 Å². The van der Waals surface area contributed by atoms with Gasteiger partial charge in [0.25, 0.3) is 11.8 Å². The van der Waals surface area contributed by atoms with Gasteiger partial charge in [0.2, 0.25) is 0 Å². The second-order valence-corrected chi connectivity index (χ2v) is 7.92. The first kappa shape index (κ1) is 13.7. The zero-order valence-electron chi connectivity index (χ0n) is 12.4. The van der Waals surface area contributed by atoms with Crippen molar-refractivity contribution >= 4 is 34.0 Å². The van der Waals surface area contributed by atoms with Crippen LogP contribution >= 0.6 is 15.9 Å². The van der Waals surface area contributed by atoms with Gasteiger partial charge in [-0.25, -0.2) is 0 Å². The van der Waals surface area contributed by atoms with Gasteiger partial charge in [-0.2, -0.15) is 10.1 Å². The molecule has 1 aliphatic heterocycles. The zero-order chi connectivity index (χ0) is 15.8. The molecule has 0 N–H and O–H groups in total. The minimum atomic E-state index is -0.181. The monoisotopic (exact) mass is 370 g/mol. The highest BCUT2D eigenvalue weighted by Gasteiger charge is 2.73. The summed E-state index contributed by atoms with van der Waals surface area (Å²) in [6, 6.07) is 7.62. The van der Waals surface area contributed by atoms with Crippen LogP contribution in [0.3, 0.4) is 0 Å². The zero-order valence-corrected chi connectivity index (χ0v) is 13.9. The molecule has 2 saturated carbocycles. The number of benzene rings is 1. The molecule has 1 saturated heterocycles. The van der Waals surface area contributed by atoms with Gasteiger partial charge in [-0.1, -0.05) is 40.2 Å². The van der Waals surface area contributed by atoms with E-state index in [9.17, 15) is 9.59 Å². The van der Waals surface area contributed by atoms with Gasteiger partial charge in [0, 0.05) is 4.47 Å². The largest absolute Gasteiger partial charge is 0.272 e. The molecular weight excluding hydrogens is 356 g/mol. The van der Waals surface area contributed by atoms with Crippen LogP contribution in [0.5, 0.6) is 0 Å². The lowest BCUT2D eigenvalue weighted by Gasteiger charge is -2.18. The van der Waals surface area contributed by atoms with Crippen LogP contribution in [-0.4, -0.2) is 23.0 Å². The average Bonchev–Trinajstić information content (AvgIpc) is 3.13. The van der Waals surface area contributed by atoms with Crippen LogP contribution < -0.4 is 0 Å². The predicted octanol–water partition coefficient (Wildman–Crippen LogP) is 2.98. The maximum Gasteiger partial charge on any atom is 0.254 e. The Bertz CT molecular complexity index is 762. The number of carbonyl (C=O) groups excluding carboxylic acids is 2. The first-order valence-electron chi connectivity index (χ1n) is 7.97. The van der Waals surface area contributed by atoms with Crippen molar-refractivity contribution in [2.45, 2.75) is 12.8 Å². The van der Waals surface area contributed by atoms with Crippen molar-refractivity contribution in [3.05, 3.63) is 46.5 Å². The summed E-state index contributed by atoms with van der Waals surface area (Å²) in [4.78, 5) is 25.5. The first-order chi connectivity index (χ1) is 11.1. The number of carbonyl (C=O) groups is 2. The minimum Gasteiger partial charge on any atom is -0.272 e. The molecule has 4 atom stereocenters. The molecule has 4 aliphatic rings. The van der Waals surface area contributed by atoms with Crippen molar-refractivity contribution in [3.8, 4) is 0 Å². The lowest BCUT2D eigenvalue weighted by molar-refractivity contribution is -0.141. The normalized spacial score (nSPS) is 35.8. The molecule has 5 heteroatoms. The topological polar surface area (TPSA) is 49.7 Å². The fourth-order valence-electron chi connectivity index (χ4n) is 4.89. The summed E-state index contributed by atoms with van der Waals surface area (Å²) in [5, 5.41) is 5.31. The van der Waals surface area contributed by atoms with E-state index in [1.165, 1.54) is 0 Å². The summed E-state index contributed by atoms with van der Waals surface area (Å²) < 4.78 is 0.940. The quantitative estimate of drug-likeness (QED) is 0.456. The lowest BCUT2D eigenvalue weighted by atomic mass is 9.85. The number of halogens is 1. The van der Waals surface area contributed by atoms with Gasteiger partial charge < -0.3 is 0 Å². The summed E-state index contributed by atoms with van der Waals surface area (Å²) >= 11 is 3.40. The fourth-order valence-corrected chi connectivity index (χ4v) is 5.30. The Hall–Kier alpha value is -1.75. The fraction of sp³-hybridized carbons (Fsp3) is 0.389. The lowest BCUT2D eigenvalue weighted by Crippen LogP contribution is -2.30. The molecule has 4 nitrogen and oxygen atoms in total. The molecule has 0 aromatic heterocycles. The molecule has 1 aromatic carbocycles. The van der Waals surface area contributed by atoms with Gasteiger partial charge in [0.05, 0.1) is 18.1 Å². The Morgan fingerprint density at radius 3 is 2.35 bits per heavy atom. The molecule has 1 aromatic rings. The molecule has 2 bridgehead atoms. The summed E-state index contributed by atoms with van der Waals surface area (Å²) in [5.74, 6) is -0.0943. The van der Waals surface area contributed by atoms with E-state index >= 15 is 0 Å². The number of allylic oxidation sites excluding steroid dienone is 2. The van der Waals surface area contributed by atoms with Crippen LogP contribution in [0, 0.1) is 29.1 Å². The van der Waals surface area contributed by atoms with Crippen LogP contribution in [0.25, 0.3) is 0 Å². The Morgan fingerprint density at radius 2 is 1.78 bits per heavy atom. The predicted molar refractivity (Wildman–Crippen MR) is 88.4 cm³/mol. The summed E-state index contributed by atoms with van der Waals surface area (Å²) in [7, 11) is 0. The molecule has 23 heavy (non-hydrogen) atoms. The molecule has 3 fully saturated rings.